The van der Waals surface area contributed by atoms with E-state index in [9.17, 15) is 0 Å². The van der Waals surface area contributed by atoms with E-state index in [-0.39, 0.29) is 0 Å². The molecule has 122 valence electrons. The number of rotatable bonds is 4. The van der Waals surface area contributed by atoms with Crippen LogP contribution in [0.2, 0.25) is 0 Å². The molecule has 2 aliphatic rings. The maximum atomic E-state index is 5.57. The van der Waals surface area contributed by atoms with Gasteiger partial charge in [0.1, 0.15) is 5.75 Å². The molecule has 3 rings (SSSR count). The molecule has 3 nitrogen and oxygen atoms in total. The fraction of sp³-hybridized carbons (Fsp3) is 0.684. The van der Waals surface area contributed by atoms with Gasteiger partial charge in [-0.2, -0.15) is 0 Å². The molecule has 0 radical (unpaired) electrons. The Morgan fingerprint density at radius 2 is 2.05 bits per heavy atom. The van der Waals surface area contributed by atoms with Crippen LogP contribution >= 0.6 is 0 Å². The second-order valence-corrected chi connectivity index (χ2v) is 7.47. The second-order valence-electron chi connectivity index (χ2n) is 7.47. The van der Waals surface area contributed by atoms with Crippen molar-refractivity contribution in [3.8, 4) is 5.75 Å². The van der Waals surface area contributed by atoms with E-state index in [0.717, 1.165) is 24.3 Å². The lowest BCUT2D eigenvalue weighted by molar-refractivity contribution is 0.255. The first-order chi connectivity index (χ1) is 10.5. The number of ether oxygens (including phenoxy) is 1. The first-order valence-corrected chi connectivity index (χ1v) is 8.59. The predicted octanol–water partition coefficient (Wildman–Crippen LogP) is 3.26. The lowest BCUT2D eigenvalue weighted by atomic mass is 9.96. The molecule has 0 spiro atoms. The van der Waals surface area contributed by atoms with E-state index < -0.39 is 0 Å². The van der Waals surface area contributed by atoms with Crippen LogP contribution in [0.3, 0.4) is 0 Å². The third-order valence-corrected chi connectivity index (χ3v) is 5.61. The van der Waals surface area contributed by atoms with Gasteiger partial charge in [-0.3, -0.25) is 4.90 Å². The molecule has 1 aromatic carbocycles. The molecule has 2 saturated heterocycles. The van der Waals surface area contributed by atoms with Crippen LogP contribution < -0.4 is 4.74 Å². The number of aryl methyl sites for hydroxylation is 1. The summed E-state index contributed by atoms with van der Waals surface area (Å²) in [7, 11) is 4.06. The average molecular weight is 302 g/mol. The first kappa shape index (κ1) is 15.8. The van der Waals surface area contributed by atoms with E-state index in [2.05, 4.69) is 49.8 Å². The van der Waals surface area contributed by atoms with Crippen molar-refractivity contribution in [1.82, 2.24) is 9.80 Å². The molecular formula is C19H30N2O. The Labute approximate surface area is 135 Å². The van der Waals surface area contributed by atoms with Gasteiger partial charge in [-0.1, -0.05) is 19.9 Å². The number of hydrogen-bond donors (Lipinski definition) is 0. The van der Waals surface area contributed by atoms with E-state index in [1.165, 1.54) is 42.7 Å². The standard InChI is InChI=1S/C19H30N2O/c1-13(2)17-9-16(14(3)8-19(17)22-5)11-21-10-15-6-7-20(4)18(15)12-21/h8-9,13,15,18H,6-7,10-12H2,1-5H3/t15-,18+/m0/s1. The number of likely N-dealkylation sites (N-methyl/N-ethyl adjacent to an activating group) is 1. The van der Waals surface area contributed by atoms with Crippen LogP contribution in [0.5, 0.6) is 5.75 Å². The van der Waals surface area contributed by atoms with Crippen LogP contribution in [0.15, 0.2) is 12.1 Å². The highest BCUT2D eigenvalue weighted by atomic mass is 16.5. The fourth-order valence-corrected chi connectivity index (χ4v) is 4.17. The summed E-state index contributed by atoms with van der Waals surface area (Å²) in [5, 5.41) is 0. The highest BCUT2D eigenvalue weighted by Gasteiger charge is 2.39. The van der Waals surface area contributed by atoms with E-state index in [4.69, 9.17) is 4.74 Å². The molecule has 2 atom stereocenters. The second kappa shape index (κ2) is 6.21. The molecular weight excluding hydrogens is 272 g/mol. The Kier molecular flexibility index (Phi) is 4.47. The van der Waals surface area contributed by atoms with Crippen LogP contribution in [0, 0.1) is 12.8 Å². The normalized spacial score (nSPS) is 25.9. The maximum Gasteiger partial charge on any atom is 0.122 e. The first-order valence-electron chi connectivity index (χ1n) is 8.59. The maximum absolute atomic E-state index is 5.57. The average Bonchev–Trinajstić information content (AvgIpc) is 3.02. The Balaban J connectivity index is 1.77. The third kappa shape index (κ3) is 2.89. The van der Waals surface area contributed by atoms with Gasteiger partial charge in [0.25, 0.3) is 0 Å². The summed E-state index contributed by atoms with van der Waals surface area (Å²) in [4.78, 5) is 5.19. The fourth-order valence-electron chi connectivity index (χ4n) is 4.17. The molecule has 0 N–H and O–H groups in total. The van der Waals surface area contributed by atoms with Crippen molar-refractivity contribution in [1.29, 1.82) is 0 Å². The summed E-state index contributed by atoms with van der Waals surface area (Å²) in [5.41, 5.74) is 4.15. The molecule has 0 amide bonds. The van der Waals surface area contributed by atoms with Gasteiger partial charge in [0.15, 0.2) is 0 Å². The van der Waals surface area contributed by atoms with Crippen LogP contribution in [0.25, 0.3) is 0 Å². The van der Waals surface area contributed by atoms with E-state index >= 15 is 0 Å². The number of nitrogens with zero attached hydrogens (tertiary/aromatic N) is 2. The quantitative estimate of drug-likeness (QED) is 0.849. The molecule has 3 heteroatoms. The summed E-state index contributed by atoms with van der Waals surface area (Å²) in [5.74, 6) is 2.42. The highest BCUT2D eigenvalue weighted by molar-refractivity contribution is 5.44. The molecule has 0 unspecified atom stereocenters. The van der Waals surface area contributed by atoms with Gasteiger partial charge in [-0.05, 0) is 61.5 Å². The Morgan fingerprint density at radius 1 is 1.27 bits per heavy atom. The molecule has 2 fully saturated rings. The Bertz CT molecular complexity index is 540. The van der Waals surface area contributed by atoms with Gasteiger partial charge in [0.2, 0.25) is 0 Å². The lowest BCUT2D eigenvalue weighted by Crippen LogP contribution is -2.32. The smallest absolute Gasteiger partial charge is 0.122 e. The highest BCUT2D eigenvalue weighted by Crippen LogP contribution is 2.33. The minimum atomic E-state index is 0.499. The van der Waals surface area contributed by atoms with Gasteiger partial charge in [0.05, 0.1) is 7.11 Å². The van der Waals surface area contributed by atoms with Gasteiger partial charge in [-0.25, -0.2) is 0 Å². The van der Waals surface area contributed by atoms with Crippen molar-refractivity contribution in [3.63, 3.8) is 0 Å². The van der Waals surface area contributed by atoms with Crippen molar-refractivity contribution < 1.29 is 4.74 Å². The number of benzene rings is 1. The predicted molar refractivity (Wildman–Crippen MR) is 91.6 cm³/mol. The lowest BCUT2D eigenvalue weighted by Gasteiger charge is -2.22. The largest absolute Gasteiger partial charge is 0.496 e. The Morgan fingerprint density at radius 3 is 2.68 bits per heavy atom. The SMILES string of the molecule is COc1cc(C)c(CN2C[C@@H]3CCN(C)[C@@H]3C2)cc1C(C)C. The zero-order chi connectivity index (χ0) is 15.9. The summed E-state index contributed by atoms with van der Waals surface area (Å²) < 4.78 is 5.57. The molecule has 2 aliphatic heterocycles. The van der Waals surface area contributed by atoms with Crippen LogP contribution in [0.4, 0.5) is 0 Å². The molecule has 22 heavy (non-hydrogen) atoms. The van der Waals surface area contributed by atoms with Crippen LogP contribution in [0.1, 0.15) is 42.9 Å². The molecule has 1 aromatic rings. The molecule has 0 aliphatic carbocycles. The van der Waals surface area contributed by atoms with Gasteiger partial charge < -0.3 is 9.64 Å². The summed E-state index contributed by atoms with van der Waals surface area (Å²) in [6.07, 6.45) is 1.37. The minimum absolute atomic E-state index is 0.499. The number of fused-ring (bicyclic) bond motifs is 1. The minimum Gasteiger partial charge on any atom is -0.496 e. The molecule has 0 bridgehead atoms. The number of likely N-dealkylation sites (tertiary alicyclic amines) is 2. The third-order valence-electron chi connectivity index (χ3n) is 5.61. The van der Waals surface area contributed by atoms with E-state index in [1.807, 2.05) is 0 Å². The topological polar surface area (TPSA) is 15.7 Å². The van der Waals surface area contributed by atoms with Crippen molar-refractivity contribution in [2.24, 2.45) is 5.92 Å². The van der Waals surface area contributed by atoms with Gasteiger partial charge >= 0.3 is 0 Å². The summed E-state index contributed by atoms with van der Waals surface area (Å²) in [6, 6.07) is 5.37. The van der Waals surface area contributed by atoms with Crippen molar-refractivity contribution >= 4 is 0 Å². The number of methoxy groups -OCH3 is 1. The molecule has 0 aromatic heterocycles. The van der Waals surface area contributed by atoms with E-state index in [1.54, 1.807) is 7.11 Å². The molecule has 2 heterocycles. The van der Waals surface area contributed by atoms with Crippen LogP contribution in [-0.2, 0) is 6.54 Å². The zero-order valence-corrected chi connectivity index (χ0v) is 14.7. The summed E-state index contributed by atoms with van der Waals surface area (Å²) in [6.45, 7) is 11.5. The number of hydrogen-bond acceptors (Lipinski definition) is 3. The van der Waals surface area contributed by atoms with Crippen molar-refractivity contribution in [2.45, 2.75) is 45.7 Å². The Hall–Kier alpha value is -1.06. The van der Waals surface area contributed by atoms with E-state index in [0.29, 0.717) is 5.92 Å². The zero-order valence-electron chi connectivity index (χ0n) is 14.7. The summed E-state index contributed by atoms with van der Waals surface area (Å²) >= 11 is 0. The van der Waals surface area contributed by atoms with Crippen molar-refractivity contribution in [3.05, 3.63) is 28.8 Å². The van der Waals surface area contributed by atoms with Gasteiger partial charge in [-0.15, -0.1) is 0 Å². The monoisotopic (exact) mass is 302 g/mol. The molecule has 0 saturated carbocycles. The van der Waals surface area contributed by atoms with Crippen LogP contribution in [-0.4, -0.2) is 49.6 Å². The van der Waals surface area contributed by atoms with Gasteiger partial charge in [0, 0.05) is 25.7 Å². The van der Waals surface area contributed by atoms with Crippen molar-refractivity contribution in [2.75, 3.05) is 33.8 Å².